The average Bonchev–Trinajstić information content (AvgIpc) is 2.76. The third-order valence-electron chi connectivity index (χ3n) is 4.62. The Balaban J connectivity index is 2.02. The van der Waals surface area contributed by atoms with Gasteiger partial charge in [-0.25, -0.2) is 0 Å². The first-order valence-electron chi connectivity index (χ1n) is 9.94. The van der Waals surface area contributed by atoms with Crippen molar-refractivity contribution < 1.29 is 14.5 Å². The molecule has 0 saturated heterocycles. The van der Waals surface area contributed by atoms with Gasteiger partial charge in [0.25, 0.3) is 5.69 Å². The number of halogens is 1. The number of nitro benzene ring substituents is 1. The number of nitrogens with one attached hydrogen (secondary N) is 1. The molecule has 2 amide bonds. The number of carbonyl (C=O) groups is 2. The topological polar surface area (TPSA) is 92.6 Å². The van der Waals surface area contributed by atoms with Gasteiger partial charge in [-0.1, -0.05) is 42.8 Å². The van der Waals surface area contributed by atoms with Crippen molar-refractivity contribution in [2.24, 2.45) is 0 Å². The molecule has 0 bridgehead atoms. The zero-order chi connectivity index (χ0) is 22.8. The van der Waals surface area contributed by atoms with E-state index in [1.54, 1.807) is 36.1 Å². The fourth-order valence-electron chi connectivity index (χ4n) is 2.82. The lowest BCUT2D eigenvalue weighted by Crippen LogP contribution is -2.48. The van der Waals surface area contributed by atoms with Crippen LogP contribution in [0.15, 0.2) is 48.5 Å². The van der Waals surface area contributed by atoms with Gasteiger partial charge in [0, 0.05) is 36.0 Å². The van der Waals surface area contributed by atoms with Crippen LogP contribution in [-0.4, -0.2) is 40.0 Å². The summed E-state index contributed by atoms with van der Waals surface area (Å²) < 4.78 is 0. The third-order valence-corrected chi connectivity index (χ3v) is 5.86. The fraction of sp³-hybridized carbons (Fsp3) is 0.364. The van der Waals surface area contributed by atoms with Crippen molar-refractivity contribution in [1.29, 1.82) is 0 Å². The molecule has 2 aromatic rings. The first-order valence-corrected chi connectivity index (χ1v) is 11.5. The molecule has 0 heterocycles. The average molecular weight is 464 g/mol. The van der Waals surface area contributed by atoms with E-state index in [-0.39, 0.29) is 23.3 Å². The monoisotopic (exact) mass is 463 g/mol. The second-order valence-corrected chi connectivity index (χ2v) is 8.45. The van der Waals surface area contributed by atoms with Crippen molar-refractivity contribution in [1.82, 2.24) is 10.2 Å². The van der Waals surface area contributed by atoms with Crippen molar-refractivity contribution in [3.05, 3.63) is 74.8 Å². The Hall–Kier alpha value is -2.58. The van der Waals surface area contributed by atoms with Gasteiger partial charge in [0.05, 0.1) is 10.7 Å². The van der Waals surface area contributed by atoms with Gasteiger partial charge in [-0.15, -0.1) is 11.8 Å². The molecule has 2 rings (SSSR count). The summed E-state index contributed by atoms with van der Waals surface area (Å²) in [5, 5.41) is 14.2. The van der Waals surface area contributed by atoms with E-state index in [1.165, 1.54) is 23.9 Å². The highest BCUT2D eigenvalue weighted by Gasteiger charge is 2.25. The van der Waals surface area contributed by atoms with Gasteiger partial charge in [-0.2, -0.15) is 0 Å². The molecule has 9 heteroatoms. The highest BCUT2D eigenvalue weighted by molar-refractivity contribution is 7.99. The predicted molar refractivity (Wildman–Crippen MR) is 124 cm³/mol. The van der Waals surface area contributed by atoms with E-state index < -0.39 is 11.0 Å². The lowest BCUT2D eigenvalue weighted by molar-refractivity contribution is -0.384. The van der Waals surface area contributed by atoms with Crippen LogP contribution in [0, 0.1) is 10.1 Å². The van der Waals surface area contributed by atoms with Crippen molar-refractivity contribution in [3.63, 3.8) is 0 Å². The molecule has 0 saturated carbocycles. The quantitative estimate of drug-likeness (QED) is 0.393. The molecular formula is C22H26ClN3O4S. The van der Waals surface area contributed by atoms with Crippen LogP contribution < -0.4 is 5.32 Å². The van der Waals surface area contributed by atoms with E-state index in [1.807, 2.05) is 19.1 Å². The number of nitro groups is 1. The summed E-state index contributed by atoms with van der Waals surface area (Å²) in [6, 6.07) is 12.8. The molecular weight excluding hydrogens is 438 g/mol. The minimum atomic E-state index is -0.616. The summed E-state index contributed by atoms with van der Waals surface area (Å²) in [6.07, 6.45) is 0.814. The fourth-order valence-corrected chi connectivity index (χ4v) is 3.81. The zero-order valence-corrected chi connectivity index (χ0v) is 19.1. The van der Waals surface area contributed by atoms with Crippen LogP contribution in [0.1, 0.15) is 31.4 Å². The summed E-state index contributed by atoms with van der Waals surface area (Å²) >= 11 is 7.35. The molecule has 0 aliphatic carbocycles. The van der Waals surface area contributed by atoms with Crippen LogP contribution in [0.5, 0.6) is 0 Å². The van der Waals surface area contributed by atoms with E-state index in [0.717, 1.165) is 17.5 Å². The Morgan fingerprint density at radius 3 is 2.32 bits per heavy atom. The van der Waals surface area contributed by atoms with Crippen LogP contribution in [0.25, 0.3) is 0 Å². The van der Waals surface area contributed by atoms with E-state index >= 15 is 0 Å². The van der Waals surface area contributed by atoms with Gasteiger partial charge in [0.2, 0.25) is 11.8 Å². The maximum atomic E-state index is 13.0. The van der Waals surface area contributed by atoms with Gasteiger partial charge < -0.3 is 10.2 Å². The molecule has 166 valence electrons. The van der Waals surface area contributed by atoms with Crippen molar-refractivity contribution in [2.45, 2.75) is 38.6 Å². The van der Waals surface area contributed by atoms with Crippen LogP contribution in [-0.2, 0) is 21.9 Å². The first kappa shape index (κ1) is 24.7. The summed E-state index contributed by atoms with van der Waals surface area (Å²) in [5.41, 5.74) is 1.81. The lowest BCUT2D eigenvalue weighted by Gasteiger charge is -2.28. The van der Waals surface area contributed by atoms with Crippen LogP contribution in [0.4, 0.5) is 5.69 Å². The first-order chi connectivity index (χ1) is 14.8. The van der Waals surface area contributed by atoms with Gasteiger partial charge in [-0.05, 0) is 36.6 Å². The largest absolute Gasteiger partial charge is 0.354 e. The molecule has 31 heavy (non-hydrogen) atoms. The number of thioether (sulfide) groups is 1. The summed E-state index contributed by atoms with van der Waals surface area (Å²) in [7, 11) is 0. The zero-order valence-electron chi connectivity index (χ0n) is 17.5. The second-order valence-electron chi connectivity index (χ2n) is 7.03. The lowest BCUT2D eigenvalue weighted by atomic mass is 10.1. The molecule has 7 nitrogen and oxygen atoms in total. The Labute approximate surface area is 191 Å². The highest BCUT2D eigenvalue weighted by atomic mass is 35.5. The number of amides is 2. The Kier molecular flexibility index (Phi) is 9.81. The van der Waals surface area contributed by atoms with Gasteiger partial charge in [0.15, 0.2) is 0 Å². The normalized spacial score (nSPS) is 11.6. The number of hydrogen-bond acceptors (Lipinski definition) is 5. The predicted octanol–water partition coefficient (Wildman–Crippen LogP) is 4.42. The van der Waals surface area contributed by atoms with E-state index in [4.69, 9.17) is 11.6 Å². The van der Waals surface area contributed by atoms with Crippen molar-refractivity contribution in [3.8, 4) is 0 Å². The number of hydrogen-bond donors (Lipinski definition) is 1. The standard InChI is InChI=1S/C22H26ClN3O4S/c1-3-12-24-22(28)16(2)25(13-17-4-8-19(23)9-5-17)21(27)15-31-14-18-6-10-20(11-7-18)26(29)30/h4-11,16H,3,12-15H2,1-2H3,(H,24,28)/t16-/m1/s1. The Morgan fingerprint density at radius 1 is 1.13 bits per heavy atom. The molecule has 2 aromatic carbocycles. The van der Waals surface area contributed by atoms with Gasteiger partial charge in [0.1, 0.15) is 6.04 Å². The number of non-ortho nitro benzene ring substituents is 1. The highest BCUT2D eigenvalue weighted by Crippen LogP contribution is 2.19. The van der Waals surface area contributed by atoms with Crippen molar-refractivity contribution in [2.75, 3.05) is 12.3 Å². The molecule has 0 unspecified atom stereocenters. The van der Waals surface area contributed by atoms with Gasteiger partial charge >= 0.3 is 0 Å². The minimum absolute atomic E-state index is 0.0332. The Morgan fingerprint density at radius 2 is 1.74 bits per heavy atom. The van der Waals surface area contributed by atoms with Gasteiger partial charge in [-0.3, -0.25) is 19.7 Å². The number of nitrogens with zero attached hydrogens (tertiary/aromatic N) is 2. The molecule has 0 aliphatic rings. The summed E-state index contributed by atoms with van der Waals surface area (Å²) in [6.45, 7) is 4.55. The molecule has 0 aromatic heterocycles. The second kappa shape index (κ2) is 12.3. The molecule has 1 atom stereocenters. The maximum Gasteiger partial charge on any atom is 0.269 e. The van der Waals surface area contributed by atoms with Crippen LogP contribution >= 0.6 is 23.4 Å². The van der Waals surface area contributed by atoms with Crippen LogP contribution in [0.3, 0.4) is 0 Å². The maximum absolute atomic E-state index is 13.0. The molecule has 0 spiro atoms. The summed E-state index contributed by atoms with van der Waals surface area (Å²) in [4.78, 5) is 37.3. The van der Waals surface area contributed by atoms with Crippen molar-refractivity contribution >= 4 is 40.9 Å². The minimum Gasteiger partial charge on any atom is -0.354 e. The van der Waals surface area contributed by atoms with E-state index in [9.17, 15) is 19.7 Å². The van der Waals surface area contributed by atoms with E-state index in [0.29, 0.717) is 23.9 Å². The summed E-state index contributed by atoms with van der Waals surface area (Å²) in [5.74, 6) is 0.385. The Bertz CT molecular complexity index is 891. The van der Waals surface area contributed by atoms with E-state index in [2.05, 4.69) is 5.32 Å². The van der Waals surface area contributed by atoms with Crippen LogP contribution in [0.2, 0.25) is 5.02 Å². The molecule has 0 fully saturated rings. The smallest absolute Gasteiger partial charge is 0.269 e. The number of rotatable bonds is 11. The number of carbonyl (C=O) groups excluding carboxylic acids is 2. The number of benzene rings is 2. The molecule has 0 radical (unpaired) electrons. The molecule has 0 aliphatic heterocycles. The third kappa shape index (κ3) is 7.88. The SMILES string of the molecule is CCCNC(=O)[C@@H](C)N(Cc1ccc(Cl)cc1)C(=O)CSCc1ccc([N+](=O)[O-])cc1. The molecule has 1 N–H and O–H groups in total.